The van der Waals surface area contributed by atoms with Crippen LogP contribution >= 0.6 is 0 Å². The number of carbonyl (C=O) groups excluding carboxylic acids is 3. The summed E-state index contributed by atoms with van der Waals surface area (Å²) in [5.41, 5.74) is 2.04. The van der Waals surface area contributed by atoms with Crippen molar-refractivity contribution < 1.29 is 19.5 Å². The minimum Gasteiger partial charge on any atom is -0.392 e. The Bertz CT molecular complexity index is 611. The summed E-state index contributed by atoms with van der Waals surface area (Å²) in [5.74, 6) is -0.924. The van der Waals surface area contributed by atoms with E-state index in [0.29, 0.717) is 24.1 Å². The minimum atomic E-state index is -0.592. The van der Waals surface area contributed by atoms with Gasteiger partial charge in [-0.25, -0.2) is 0 Å². The predicted molar refractivity (Wildman–Crippen MR) is 68.4 cm³/mol. The molecule has 1 fully saturated rings. The number of carbonyl (C=O) groups is 3. The third-order valence-corrected chi connectivity index (χ3v) is 3.78. The lowest BCUT2D eigenvalue weighted by Gasteiger charge is -2.29. The highest BCUT2D eigenvalue weighted by Gasteiger charge is 2.38. The maximum Gasteiger partial charge on any atom is 0.255 e. The fourth-order valence-electron chi connectivity index (χ4n) is 2.70. The van der Waals surface area contributed by atoms with E-state index < -0.39 is 11.9 Å². The van der Waals surface area contributed by atoms with Crippen LogP contribution in [0.2, 0.25) is 0 Å². The van der Waals surface area contributed by atoms with Crippen LogP contribution < -0.4 is 5.32 Å². The molecular formula is C14H14N2O4. The molecule has 1 aromatic carbocycles. The second-order valence-electron chi connectivity index (χ2n) is 5.05. The second kappa shape index (κ2) is 4.72. The zero-order valence-electron chi connectivity index (χ0n) is 10.8. The van der Waals surface area contributed by atoms with Gasteiger partial charge in [0.2, 0.25) is 11.8 Å². The molecule has 1 aromatic rings. The molecule has 2 aliphatic heterocycles. The van der Waals surface area contributed by atoms with Crippen molar-refractivity contribution in [3.63, 3.8) is 0 Å². The maximum atomic E-state index is 12.4. The Morgan fingerprint density at radius 3 is 2.80 bits per heavy atom. The zero-order valence-corrected chi connectivity index (χ0v) is 10.8. The van der Waals surface area contributed by atoms with Crippen LogP contribution in [0, 0.1) is 0 Å². The number of hydrogen-bond donors (Lipinski definition) is 2. The van der Waals surface area contributed by atoms with Crippen molar-refractivity contribution in [3.05, 3.63) is 34.9 Å². The Labute approximate surface area is 115 Å². The molecule has 0 spiro atoms. The van der Waals surface area contributed by atoms with Crippen LogP contribution in [-0.4, -0.2) is 33.8 Å². The maximum absolute atomic E-state index is 12.4. The number of rotatable bonds is 2. The molecule has 6 nitrogen and oxygen atoms in total. The summed E-state index contributed by atoms with van der Waals surface area (Å²) in [6.45, 7) is 0.241. The van der Waals surface area contributed by atoms with Crippen LogP contribution in [0.1, 0.15) is 34.3 Å². The number of imide groups is 1. The first-order valence-corrected chi connectivity index (χ1v) is 6.47. The van der Waals surface area contributed by atoms with E-state index in [-0.39, 0.29) is 24.8 Å². The number of aliphatic hydroxyl groups is 1. The molecule has 2 heterocycles. The Morgan fingerprint density at radius 1 is 1.30 bits per heavy atom. The Hall–Kier alpha value is -2.21. The number of benzene rings is 1. The second-order valence-corrected chi connectivity index (χ2v) is 5.05. The van der Waals surface area contributed by atoms with Crippen LogP contribution in [0.4, 0.5) is 0 Å². The minimum absolute atomic E-state index is 0.126. The SMILES string of the molecule is O=C1CCC(N2Cc3ccc(CO)cc3C2=O)C(=O)N1. The van der Waals surface area contributed by atoms with E-state index in [2.05, 4.69) is 5.32 Å². The van der Waals surface area contributed by atoms with Crippen molar-refractivity contribution in [1.29, 1.82) is 0 Å². The quantitative estimate of drug-likeness (QED) is 0.740. The zero-order chi connectivity index (χ0) is 14.3. The van der Waals surface area contributed by atoms with E-state index in [1.165, 1.54) is 4.90 Å². The van der Waals surface area contributed by atoms with Gasteiger partial charge in [0, 0.05) is 18.5 Å². The highest BCUT2D eigenvalue weighted by atomic mass is 16.3. The third kappa shape index (κ3) is 1.98. The fraction of sp³-hybridized carbons (Fsp3) is 0.357. The lowest BCUT2D eigenvalue weighted by atomic mass is 10.0. The molecule has 0 saturated carbocycles. The van der Waals surface area contributed by atoms with Crippen molar-refractivity contribution in [2.45, 2.75) is 32.0 Å². The number of hydrogen-bond acceptors (Lipinski definition) is 4. The number of fused-ring (bicyclic) bond motifs is 1. The predicted octanol–water partition coefficient (Wildman–Crippen LogP) is -0.0601. The normalized spacial score (nSPS) is 21.9. The Balaban J connectivity index is 1.86. The number of piperidine rings is 1. The standard InChI is InChI=1S/C14H14N2O4/c17-7-8-1-2-9-6-16(14(20)10(9)5-8)11-3-4-12(18)15-13(11)19/h1-2,5,11,17H,3-4,6-7H2,(H,15,18,19). The Kier molecular flexibility index (Phi) is 3.02. The van der Waals surface area contributed by atoms with Crippen LogP contribution in [0.3, 0.4) is 0 Å². The van der Waals surface area contributed by atoms with E-state index >= 15 is 0 Å². The molecule has 6 heteroatoms. The van der Waals surface area contributed by atoms with Gasteiger partial charge in [0.1, 0.15) is 6.04 Å². The smallest absolute Gasteiger partial charge is 0.255 e. The first-order valence-electron chi connectivity index (χ1n) is 6.47. The van der Waals surface area contributed by atoms with Gasteiger partial charge in [0.15, 0.2) is 0 Å². The highest BCUT2D eigenvalue weighted by molar-refractivity contribution is 6.05. The van der Waals surface area contributed by atoms with Crippen molar-refractivity contribution in [2.24, 2.45) is 0 Å². The third-order valence-electron chi connectivity index (χ3n) is 3.78. The van der Waals surface area contributed by atoms with Crippen LogP contribution in [-0.2, 0) is 22.7 Å². The molecule has 0 bridgehead atoms. The fourth-order valence-corrected chi connectivity index (χ4v) is 2.70. The van der Waals surface area contributed by atoms with Crippen LogP contribution in [0.25, 0.3) is 0 Å². The number of nitrogens with one attached hydrogen (secondary N) is 1. The van der Waals surface area contributed by atoms with Crippen molar-refractivity contribution >= 4 is 17.7 Å². The van der Waals surface area contributed by atoms with Gasteiger partial charge in [-0.3, -0.25) is 19.7 Å². The van der Waals surface area contributed by atoms with E-state index in [1.54, 1.807) is 18.2 Å². The van der Waals surface area contributed by atoms with Crippen LogP contribution in [0.15, 0.2) is 18.2 Å². The molecule has 0 aliphatic carbocycles. The molecule has 0 radical (unpaired) electrons. The molecule has 20 heavy (non-hydrogen) atoms. The number of amides is 3. The summed E-state index contributed by atoms with van der Waals surface area (Å²) in [5, 5.41) is 11.4. The molecule has 1 saturated heterocycles. The van der Waals surface area contributed by atoms with Crippen molar-refractivity contribution in [1.82, 2.24) is 10.2 Å². The van der Waals surface area contributed by atoms with Crippen molar-refractivity contribution in [3.8, 4) is 0 Å². The van der Waals surface area contributed by atoms with Gasteiger partial charge in [0.05, 0.1) is 6.61 Å². The molecule has 1 atom stereocenters. The molecule has 1 unspecified atom stereocenters. The van der Waals surface area contributed by atoms with Gasteiger partial charge in [0.25, 0.3) is 5.91 Å². The largest absolute Gasteiger partial charge is 0.392 e. The summed E-state index contributed by atoms with van der Waals surface area (Å²) < 4.78 is 0. The number of nitrogens with zero attached hydrogens (tertiary/aromatic N) is 1. The van der Waals surface area contributed by atoms with E-state index in [9.17, 15) is 14.4 Å². The lowest BCUT2D eigenvalue weighted by Crippen LogP contribution is -2.52. The first-order chi connectivity index (χ1) is 9.60. The summed E-state index contributed by atoms with van der Waals surface area (Å²) in [4.78, 5) is 36.9. The molecular weight excluding hydrogens is 260 g/mol. The summed E-state index contributed by atoms with van der Waals surface area (Å²) in [6, 6.07) is 4.62. The molecule has 0 aromatic heterocycles. The van der Waals surface area contributed by atoms with Crippen LogP contribution in [0.5, 0.6) is 0 Å². The highest BCUT2D eigenvalue weighted by Crippen LogP contribution is 2.28. The van der Waals surface area contributed by atoms with E-state index in [0.717, 1.165) is 5.56 Å². The Morgan fingerprint density at radius 2 is 2.10 bits per heavy atom. The van der Waals surface area contributed by atoms with Gasteiger partial charge >= 0.3 is 0 Å². The molecule has 3 rings (SSSR count). The average molecular weight is 274 g/mol. The van der Waals surface area contributed by atoms with Crippen molar-refractivity contribution in [2.75, 3.05) is 0 Å². The van der Waals surface area contributed by atoms with Gasteiger partial charge in [-0.05, 0) is 23.6 Å². The first kappa shape index (κ1) is 12.8. The summed E-state index contributed by atoms with van der Waals surface area (Å²) >= 11 is 0. The van der Waals surface area contributed by atoms with E-state index in [4.69, 9.17) is 5.11 Å². The average Bonchev–Trinajstić information content (AvgIpc) is 2.76. The lowest BCUT2D eigenvalue weighted by molar-refractivity contribution is -0.136. The van der Waals surface area contributed by atoms with Gasteiger partial charge < -0.3 is 10.0 Å². The molecule has 2 aliphatic rings. The summed E-state index contributed by atoms with van der Waals surface area (Å²) in [6.07, 6.45) is 0.607. The molecule has 3 amide bonds. The van der Waals surface area contributed by atoms with Gasteiger partial charge in [-0.2, -0.15) is 0 Å². The van der Waals surface area contributed by atoms with Gasteiger partial charge in [-0.15, -0.1) is 0 Å². The monoisotopic (exact) mass is 274 g/mol. The number of aliphatic hydroxyl groups excluding tert-OH is 1. The van der Waals surface area contributed by atoms with E-state index in [1.807, 2.05) is 0 Å². The molecule has 104 valence electrons. The topological polar surface area (TPSA) is 86.7 Å². The molecule has 2 N–H and O–H groups in total. The van der Waals surface area contributed by atoms with Gasteiger partial charge in [-0.1, -0.05) is 12.1 Å². The summed E-state index contributed by atoms with van der Waals surface area (Å²) in [7, 11) is 0.